The molecule has 1 aliphatic rings. The van der Waals surface area contributed by atoms with Crippen LogP contribution in [0.4, 0.5) is 0 Å². The van der Waals surface area contributed by atoms with Crippen molar-refractivity contribution in [2.45, 2.75) is 19.3 Å². The molecule has 18 heavy (non-hydrogen) atoms. The van der Waals surface area contributed by atoms with Gasteiger partial charge in [0.1, 0.15) is 0 Å². The van der Waals surface area contributed by atoms with E-state index in [9.17, 15) is 4.79 Å². The van der Waals surface area contributed by atoms with Crippen LogP contribution in [0.5, 0.6) is 0 Å². The van der Waals surface area contributed by atoms with E-state index in [-0.39, 0.29) is 5.91 Å². The molecule has 0 atom stereocenters. The first kappa shape index (κ1) is 13.4. The summed E-state index contributed by atoms with van der Waals surface area (Å²) in [5.74, 6) is 0.0702. The second-order valence-corrected chi connectivity index (χ2v) is 5.21. The van der Waals surface area contributed by atoms with Crippen molar-refractivity contribution in [2.24, 2.45) is 0 Å². The Bertz CT molecular complexity index is 465. The highest BCUT2D eigenvalue weighted by atomic mass is 35.5. The molecule has 0 spiro atoms. The van der Waals surface area contributed by atoms with Crippen LogP contribution >= 0.6 is 23.2 Å². The molecule has 1 saturated heterocycles. The molecule has 0 aliphatic carbocycles. The van der Waals surface area contributed by atoms with Crippen LogP contribution in [0.3, 0.4) is 0 Å². The van der Waals surface area contributed by atoms with Crippen molar-refractivity contribution in [1.82, 2.24) is 4.90 Å². The molecule has 1 aliphatic heterocycles. The summed E-state index contributed by atoms with van der Waals surface area (Å²) in [6, 6.07) is 5.33. The first-order valence-corrected chi connectivity index (χ1v) is 6.84. The van der Waals surface area contributed by atoms with E-state index in [4.69, 9.17) is 23.2 Å². The van der Waals surface area contributed by atoms with Gasteiger partial charge < -0.3 is 4.90 Å². The van der Waals surface area contributed by atoms with E-state index < -0.39 is 0 Å². The molecule has 0 bridgehead atoms. The number of rotatable bonds is 2. The van der Waals surface area contributed by atoms with E-state index in [0.717, 1.165) is 31.5 Å². The second-order valence-electron chi connectivity index (χ2n) is 4.39. The van der Waals surface area contributed by atoms with Gasteiger partial charge in [-0.1, -0.05) is 29.3 Å². The Balaban J connectivity index is 2.01. The Morgan fingerprint density at radius 3 is 2.50 bits per heavy atom. The number of hydrogen-bond acceptors (Lipinski definition) is 1. The lowest BCUT2D eigenvalue weighted by atomic mass is 10.1. The average Bonchev–Trinajstić information content (AvgIpc) is 2.41. The maximum atomic E-state index is 11.9. The third-order valence-electron chi connectivity index (χ3n) is 3.03. The van der Waals surface area contributed by atoms with Crippen molar-refractivity contribution in [3.63, 3.8) is 0 Å². The molecule has 0 aromatic heterocycles. The topological polar surface area (TPSA) is 20.3 Å². The molecule has 1 fully saturated rings. The number of carbonyl (C=O) groups excluding carboxylic acids is 1. The van der Waals surface area contributed by atoms with Gasteiger partial charge in [0, 0.05) is 19.2 Å². The third kappa shape index (κ3) is 3.50. The van der Waals surface area contributed by atoms with E-state index >= 15 is 0 Å². The number of likely N-dealkylation sites (tertiary alicyclic amines) is 1. The average molecular weight is 284 g/mol. The first-order chi connectivity index (χ1) is 8.66. The molecule has 4 heteroatoms. The summed E-state index contributed by atoms with van der Waals surface area (Å²) >= 11 is 11.8. The Hall–Kier alpha value is -0.990. The summed E-state index contributed by atoms with van der Waals surface area (Å²) in [4.78, 5) is 13.8. The van der Waals surface area contributed by atoms with E-state index in [0.29, 0.717) is 10.0 Å². The number of piperidine rings is 1. The summed E-state index contributed by atoms with van der Waals surface area (Å²) in [5.41, 5.74) is 0.884. The van der Waals surface area contributed by atoms with Gasteiger partial charge in [-0.2, -0.15) is 0 Å². The monoisotopic (exact) mass is 283 g/mol. The van der Waals surface area contributed by atoms with Crippen LogP contribution in [0.15, 0.2) is 24.3 Å². The van der Waals surface area contributed by atoms with Crippen molar-refractivity contribution >= 4 is 35.2 Å². The van der Waals surface area contributed by atoms with Crippen molar-refractivity contribution in [3.05, 3.63) is 39.9 Å². The van der Waals surface area contributed by atoms with Crippen LogP contribution < -0.4 is 0 Å². The van der Waals surface area contributed by atoms with Gasteiger partial charge in [-0.15, -0.1) is 0 Å². The minimum Gasteiger partial charge on any atom is -0.339 e. The molecule has 0 N–H and O–H groups in total. The lowest BCUT2D eigenvalue weighted by Gasteiger charge is -2.25. The van der Waals surface area contributed by atoms with Gasteiger partial charge in [-0.05, 0) is 43.0 Å². The minimum absolute atomic E-state index is 0.0702. The van der Waals surface area contributed by atoms with Crippen molar-refractivity contribution in [1.29, 1.82) is 0 Å². The molecule has 1 aromatic rings. The van der Waals surface area contributed by atoms with Gasteiger partial charge in [0.05, 0.1) is 10.0 Å². The summed E-state index contributed by atoms with van der Waals surface area (Å²) in [7, 11) is 0. The van der Waals surface area contributed by atoms with Crippen LogP contribution in [-0.2, 0) is 4.79 Å². The fourth-order valence-electron chi connectivity index (χ4n) is 2.00. The largest absolute Gasteiger partial charge is 0.339 e. The summed E-state index contributed by atoms with van der Waals surface area (Å²) in [6.45, 7) is 1.73. The van der Waals surface area contributed by atoms with E-state index in [1.54, 1.807) is 24.3 Å². The van der Waals surface area contributed by atoms with Gasteiger partial charge in [-0.25, -0.2) is 0 Å². The quantitative estimate of drug-likeness (QED) is 0.751. The molecular formula is C14H15Cl2NO. The maximum absolute atomic E-state index is 11.9. The summed E-state index contributed by atoms with van der Waals surface area (Å²) in [5, 5.41) is 1.03. The number of halogens is 2. The molecule has 1 aromatic carbocycles. The predicted molar refractivity (Wildman–Crippen MR) is 75.9 cm³/mol. The molecule has 0 unspecified atom stereocenters. The molecule has 2 rings (SSSR count). The zero-order valence-corrected chi connectivity index (χ0v) is 11.5. The number of nitrogens with zero attached hydrogens (tertiary/aromatic N) is 1. The minimum atomic E-state index is 0.0702. The molecule has 1 amide bonds. The van der Waals surface area contributed by atoms with E-state index in [1.165, 1.54) is 6.42 Å². The van der Waals surface area contributed by atoms with Crippen LogP contribution in [0.25, 0.3) is 6.08 Å². The molecule has 0 radical (unpaired) electrons. The highest BCUT2D eigenvalue weighted by Crippen LogP contribution is 2.23. The number of benzene rings is 1. The van der Waals surface area contributed by atoms with Crippen LogP contribution in [0.2, 0.25) is 10.0 Å². The molecule has 0 saturated carbocycles. The lowest BCUT2D eigenvalue weighted by Crippen LogP contribution is -2.34. The molecule has 2 nitrogen and oxygen atoms in total. The number of amides is 1. The normalized spacial score (nSPS) is 16.2. The molecule has 1 heterocycles. The lowest BCUT2D eigenvalue weighted by molar-refractivity contribution is -0.126. The SMILES string of the molecule is O=C(/C=C/c1ccc(Cl)c(Cl)c1)N1CCCCC1. The molecule has 96 valence electrons. The van der Waals surface area contributed by atoms with Crippen molar-refractivity contribution in [3.8, 4) is 0 Å². The maximum Gasteiger partial charge on any atom is 0.246 e. The first-order valence-electron chi connectivity index (χ1n) is 6.09. The fourth-order valence-corrected chi connectivity index (χ4v) is 2.31. The van der Waals surface area contributed by atoms with E-state index in [2.05, 4.69) is 0 Å². The Morgan fingerprint density at radius 1 is 1.11 bits per heavy atom. The second kappa shape index (κ2) is 6.26. The zero-order valence-electron chi connectivity index (χ0n) is 10.0. The van der Waals surface area contributed by atoms with Gasteiger partial charge in [-0.3, -0.25) is 4.79 Å². The highest BCUT2D eigenvalue weighted by Gasteiger charge is 2.13. The van der Waals surface area contributed by atoms with Crippen LogP contribution in [-0.4, -0.2) is 23.9 Å². The third-order valence-corrected chi connectivity index (χ3v) is 3.77. The summed E-state index contributed by atoms with van der Waals surface area (Å²) < 4.78 is 0. The van der Waals surface area contributed by atoms with Crippen LogP contribution in [0, 0.1) is 0 Å². The fraction of sp³-hybridized carbons (Fsp3) is 0.357. The van der Waals surface area contributed by atoms with Gasteiger partial charge in [0.25, 0.3) is 0 Å². The number of hydrogen-bond donors (Lipinski definition) is 0. The molecular weight excluding hydrogens is 269 g/mol. The zero-order chi connectivity index (χ0) is 13.0. The highest BCUT2D eigenvalue weighted by molar-refractivity contribution is 6.42. The standard InChI is InChI=1S/C14H15Cl2NO/c15-12-6-4-11(10-13(12)16)5-7-14(18)17-8-2-1-3-9-17/h4-7,10H,1-3,8-9H2/b7-5+. The van der Waals surface area contributed by atoms with Crippen LogP contribution in [0.1, 0.15) is 24.8 Å². The Labute approximate surface area is 117 Å². The van der Waals surface area contributed by atoms with Gasteiger partial charge >= 0.3 is 0 Å². The van der Waals surface area contributed by atoms with Crippen molar-refractivity contribution < 1.29 is 4.79 Å². The Kier molecular flexibility index (Phi) is 4.67. The summed E-state index contributed by atoms with van der Waals surface area (Å²) in [6.07, 6.45) is 6.81. The Morgan fingerprint density at radius 2 is 1.83 bits per heavy atom. The number of carbonyl (C=O) groups is 1. The van der Waals surface area contributed by atoms with Crippen molar-refractivity contribution in [2.75, 3.05) is 13.1 Å². The predicted octanol–water partition coefficient (Wildman–Crippen LogP) is 4.02. The van der Waals surface area contributed by atoms with E-state index in [1.807, 2.05) is 11.0 Å². The smallest absolute Gasteiger partial charge is 0.246 e. The van der Waals surface area contributed by atoms with Gasteiger partial charge in [0.15, 0.2) is 0 Å². The van der Waals surface area contributed by atoms with Gasteiger partial charge in [0.2, 0.25) is 5.91 Å².